The summed E-state index contributed by atoms with van der Waals surface area (Å²) in [5.41, 5.74) is 20.9. The fourth-order valence-corrected chi connectivity index (χ4v) is 15.3. The Bertz CT molecular complexity index is 6300. The largest absolute Gasteiger partial charge is 0.456 e. The minimum absolute atomic E-state index is 0.910. The molecule has 424 valence electrons. The van der Waals surface area contributed by atoms with Gasteiger partial charge in [0.05, 0.1) is 44.1 Å². The summed E-state index contributed by atoms with van der Waals surface area (Å²) in [6, 6.07) is 118. The van der Waals surface area contributed by atoms with Crippen molar-refractivity contribution in [1.82, 2.24) is 18.3 Å². The predicted molar refractivity (Wildman–Crippen MR) is 383 cm³/mol. The molecule has 5 nitrogen and oxygen atoms in total. The maximum atomic E-state index is 6.24. The van der Waals surface area contributed by atoms with Crippen LogP contribution >= 0.6 is 0 Å². The molecule has 0 radical (unpaired) electrons. The Morgan fingerprint density at radius 3 is 0.956 bits per heavy atom. The molecule has 0 aliphatic carbocycles. The third-order valence-electron chi connectivity index (χ3n) is 19.0. The summed E-state index contributed by atoms with van der Waals surface area (Å²) in [5.74, 6) is 0. The van der Waals surface area contributed by atoms with Crippen LogP contribution in [0.1, 0.15) is 0 Å². The van der Waals surface area contributed by atoms with Gasteiger partial charge in [-0.1, -0.05) is 243 Å². The molecular weight excluding hydrogens is 1100 g/mol. The van der Waals surface area contributed by atoms with Gasteiger partial charge in [0.15, 0.2) is 0 Å². The molecule has 0 spiro atoms. The van der Waals surface area contributed by atoms with Crippen molar-refractivity contribution in [2.45, 2.75) is 0 Å². The maximum Gasteiger partial charge on any atom is 0.136 e. The van der Waals surface area contributed by atoms with E-state index in [2.05, 4.69) is 334 Å². The quantitative estimate of drug-likeness (QED) is 0.163. The van der Waals surface area contributed by atoms with Gasteiger partial charge in [0.1, 0.15) is 11.2 Å². The van der Waals surface area contributed by atoms with Gasteiger partial charge in [-0.25, -0.2) is 0 Å². The first-order chi connectivity index (χ1) is 45.2. The molecule has 0 aliphatic heterocycles. The Morgan fingerprint density at radius 1 is 0.187 bits per heavy atom. The number of para-hydroxylation sites is 7. The Labute approximate surface area is 522 Å². The summed E-state index contributed by atoms with van der Waals surface area (Å²) in [7, 11) is 0. The van der Waals surface area contributed by atoms with Crippen molar-refractivity contribution in [3.05, 3.63) is 328 Å². The maximum absolute atomic E-state index is 6.24. The number of benzene rings is 15. The summed E-state index contributed by atoms with van der Waals surface area (Å²) >= 11 is 0. The van der Waals surface area contributed by atoms with Crippen molar-refractivity contribution < 1.29 is 4.42 Å². The van der Waals surface area contributed by atoms with E-state index in [4.69, 9.17) is 4.42 Å². The second-order valence-corrected chi connectivity index (χ2v) is 23.8. The Hall–Kier alpha value is -12.2. The first kappa shape index (κ1) is 50.9. The SMILES string of the molecule is c1ccc(-c2cccc(-n3c4ccccc4c4c5ccccc5c5c6ccccc6n(-c6ccccc6)c5c43)c2)cc1.c1ccc(-n2c3ccccc3c3c4ccccc4c4c5ccccc5n(-c5ccc(-c6cccc7oc8ccccc8c67)cc5)c4c32)cc1. The lowest BCUT2D eigenvalue weighted by atomic mass is 9.98. The summed E-state index contributed by atoms with van der Waals surface area (Å²) in [5, 5.41) is 17.6. The minimum Gasteiger partial charge on any atom is -0.456 e. The summed E-state index contributed by atoms with van der Waals surface area (Å²) in [6.07, 6.45) is 0. The van der Waals surface area contributed by atoms with Crippen molar-refractivity contribution in [1.29, 1.82) is 0 Å². The van der Waals surface area contributed by atoms with E-state index in [1.54, 1.807) is 0 Å². The van der Waals surface area contributed by atoms with Gasteiger partial charge in [0.25, 0.3) is 0 Å². The molecule has 15 aromatic carbocycles. The fourth-order valence-electron chi connectivity index (χ4n) is 15.3. The molecule has 0 bridgehead atoms. The monoisotopic (exact) mass is 1160 g/mol. The first-order valence-corrected chi connectivity index (χ1v) is 31.3. The van der Waals surface area contributed by atoms with Gasteiger partial charge in [-0.3, -0.25) is 0 Å². The van der Waals surface area contributed by atoms with E-state index < -0.39 is 0 Å². The third kappa shape index (κ3) is 7.59. The molecule has 0 saturated heterocycles. The highest BCUT2D eigenvalue weighted by molar-refractivity contribution is 6.38. The topological polar surface area (TPSA) is 32.9 Å². The minimum atomic E-state index is 0.910. The van der Waals surface area contributed by atoms with Crippen LogP contribution in [0.4, 0.5) is 0 Å². The number of aromatic nitrogens is 4. The summed E-state index contributed by atoms with van der Waals surface area (Å²) < 4.78 is 16.1. The van der Waals surface area contributed by atoms with Crippen molar-refractivity contribution in [3.8, 4) is 45.0 Å². The zero-order valence-electron chi connectivity index (χ0n) is 49.4. The number of hydrogen-bond donors (Lipinski definition) is 0. The normalized spacial score (nSPS) is 12.0. The molecule has 0 aliphatic rings. The third-order valence-corrected chi connectivity index (χ3v) is 19.0. The van der Waals surface area contributed by atoms with Crippen LogP contribution in [0.15, 0.2) is 332 Å². The molecule has 0 fully saturated rings. The average Bonchev–Trinajstić information content (AvgIpc) is 1.55. The molecule has 20 rings (SSSR count). The first-order valence-electron chi connectivity index (χ1n) is 31.3. The number of rotatable bonds is 6. The molecule has 0 saturated carbocycles. The van der Waals surface area contributed by atoms with Crippen LogP contribution in [0.5, 0.6) is 0 Å². The van der Waals surface area contributed by atoms with Gasteiger partial charge < -0.3 is 22.7 Å². The van der Waals surface area contributed by atoms with E-state index in [0.717, 1.165) is 50.3 Å². The van der Waals surface area contributed by atoms with E-state index in [1.165, 1.54) is 125 Å². The number of nitrogens with zero attached hydrogens (tertiary/aromatic N) is 4. The number of fused-ring (bicyclic) bond motifs is 23. The summed E-state index contributed by atoms with van der Waals surface area (Å²) in [6.45, 7) is 0. The zero-order valence-corrected chi connectivity index (χ0v) is 49.4. The van der Waals surface area contributed by atoms with Gasteiger partial charge in [-0.15, -0.1) is 0 Å². The second kappa shape index (κ2) is 20.2. The van der Waals surface area contributed by atoms with E-state index in [9.17, 15) is 0 Å². The highest BCUT2D eigenvalue weighted by Gasteiger charge is 2.27. The van der Waals surface area contributed by atoms with Crippen LogP contribution in [0.2, 0.25) is 0 Å². The zero-order chi connectivity index (χ0) is 59.7. The van der Waals surface area contributed by atoms with Crippen LogP contribution in [0.25, 0.3) is 176 Å². The lowest BCUT2D eigenvalue weighted by molar-refractivity contribution is 0.669. The Balaban J connectivity index is 0.000000132. The van der Waals surface area contributed by atoms with Gasteiger partial charge in [0, 0.05) is 76.6 Å². The van der Waals surface area contributed by atoms with E-state index >= 15 is 0 Å². The molecule has 0 unspecified atom stereocenters. The van der Waals surface area contributed by atoms with Crippen LogP contribution in [0.3, 0.4) is 0 Å². The Kier molecular flexibility index (Phi) is 11.3. The average molecular weight is 1160 g/mol. The summed E-state index contributed by atoms with van der Waals surface area (Å²) in [4.78, 5) is 0. The number of furan rings is 1. The smallest absolute Gasteiger partial charge is 0.136 e. The Morgan fingerprint density at radius 2 is 0.505 bits per heavy atom. The van der Waals surface area contributed by atoms with E-state index in [-0.39, 0.29) is 0 Å². The highest BCUT2D eigenvalue weighted by Crippen LogP contribution is 2.49. The van der Waals surface area contributed by atoms with Gasteiger partial charge in [0.2, 0.25) is 0 Å². The van der Waals surface area contributed by atoms with Crippen molar-refractivity contribution in [3.63, 3.8) is 0 Å². The predicted octanol–water partition coefficient (Wildman–Crippen LogP) is 23.3. The van der Waals surface area contributed by atoms with Crippen molar-refractivity contribution >= 4 is 131 Å². The van der Waals surface area contributed by atoms with Crippen LogP contribution in [-0.4, -0.2) is 18.3 Å². The molecule has 20 aromatic rings. The van der Waals surface area contributed by atoms with Gasteiger partial charge in [-0.2, -0.15) is 0 Å². The molecular formula is C86H54N4O. The second-order valence-electron chi connectivity index (χ2n) is 23.8. The molecule has 91 heavy (non-hydrogen) atoms. The molecule has 5 heteroatoms. The number of hydrogen-bond acceptors (Lipinski definition) is 1. The van der Waals surface area contributed by atoms with Crippen molar-refractivity contribution in [2.75, 3.05) is 0 Å². The van der Waals surface area contributed by atoms with Gasteiger partial charge >= 0.3 is 0 Å². The lowest BCUT2D eigenvalue weighted by Gasteiger charge is -2.14. The molecule has 0 N–H and O–H groups in total. The standard InChI is InChI=1S/C46H28N2O.C40H26N2/c1-2-13-30(14-3-1)47-38-21-9-6-17-35(38)43-33-15-4-5-16-34(33)44-36-18-7-10-22-39(36)48(46(44)45(43)47)31-27-25-29(26-28-31)32-20-12-24-41-42(32)37-19-8-11-23-40(37)49-41;1-3-14-27(15-4-1)28-16-13-19-30(26-28)42-36-25-12-10-23-34(36)38-32-21-8-7-20-31(32)37-33-22-9-11-24-35(33)41(39(37)40(38)42)29-17-5-2-6-18-29/h1-28H;1-26H. The molecule has 0 amide bonds. The van der Waals surface area contributed by atoms with Crippen molar-refractivity contribution in [2.24, 2.45) is 0 Å². The molecule has 0 atom stereocenters. The molecule has 5 heterocycles. The lowest BCUT2D eigenvalue weighted by Crippen LogP contribution is -1.99. The van der Waals surface area contributed by atoms with Crippen LogP contribution in [-0.2, 0) is 0 Å². The fraction of sp³-hybridized carbons (Fsp3) is 0. The van der Waals surface area contributed by atoms with Gasteiger partial charge in [-0.05, 0) is 129 Å². The van der Waals surface area contributed by atoms with E-state index in [1.807, 2.05) is 12.1 Å². The van der Waals surface area contributed by atoms with Crippen LogP contribution < -0.4 is 0 Å². The van der Waals surface area contributed by atoms with E-state index in [0.29, 0.717) is 0 Å². The van der Waals surface area contributed by atoms with Crippen LogP contribution in [0, 0.1) is 0 Å². The molecule has 5 aromatic heterocycles. The highest BCUT2D eigenvalue weighted by atomic mass is 16.3.